The van der Waals surface area contributed by atoms with Crippen molar-refractivity contribution in [1.82, 2.24) is 4.98 Å². The van der Waals surface area contributed by atoms with Crippen molar-refractivity contribution in [3.05, 3.63) is 51.6 Å². The van der Waals surface area contributed by atoms with Crippen LogP contribution in [0.5, 0.6) is 0 Å². The van der Waals surface area contributed by atoms with Gasteiger partial charge in [0.1, 0.15) is 5.82 Å². The van der Waals surface area contributed by atoms with Crippen molar-refractivity contribution < 1.29 is 9.59 Å². The number of carbonyl (C=O) groups is 2. The van der Waals surface area contributed by atoms with Gasteiger partial charge in [0.25, 0.3) is 0 Å². The maximum absolute atomic E-state index is 11.6. The molecule has 0 aliphatic heterocycles. The van der Waals surface area contributed by atoms with Gasteiger partial charge in [-0.25, -0.2) is 4.98 Å². The summed E-state index contributed by atoms with van der Waals surface area (Å²) in [6.07, 6.45) is 5.76. The third-order valence-electron chi connectivity index (χ3n) is 5.28. The fourth-order valence-corrected chi connectivity index (χ4v) is 4.36. The molecule has 1 aliphatic rings. The molecule has 0 unspecified atom stereocenters. The van der Waals surface area contributed by atoms with E-state index in [0.29, 0.717) is 21.8 Å². The lowest BCUT2D eigenvalue weighted by atomic mass is 9.78. The standard InChI is InChI=1S/C21H24Cl2N4O2/c1-12(28)27-19-7-6-16(11-26-19)25-10-13-2-4-14(5-3-13)17-8-15(22)9-18(20(17)23)21(24)29/h6-9,11,13-14,25H,2-5,10H2,1H3,(H2,24,29)(H,26,27,28). The fourth-order valence-electron chi connectivity index (χ4n) is 3.78. The number of anilines is 2. The van der Waals surface area contributed by atoms with Crippen LogP contribution in [-0.4, -0.2) is 23.3 Å². The van der Waals surface area contributed by atoms with Gasteiger partial charge in [0.05, 0.1) is 22.5 Å². The first-order valence-corrected chi connectivity index (χ1v) is 10.4. The smallest absolute Gasteiger partial charge is 0.250 e. The first-order valence-electron chi connectivity index (χ1n) is 9.59. The van der Waals surface area contributed by atoms with E-state index in [-0.39, 0.29) is 17.4 Å². The van der Waals surface area contributed by atoms with Crippen molar-refractivity contribution in [2.24, 2.45) is 11.7 Å². The first kappa shape index (κ1) is 21.4. The zero-order valence-electron chi connectivity index (χ0n) is 16.2. The van der Waals surface area contributed by atoms with Crippen molar-refractivity contribution in [2.45, 2.75) is 38.5 Å². The molecule has 29 heavy (non-hydrogen) atoms. The van der Waals surface area contributed by atoms with Gasteiger partial charge in [-0.3, -0.25) is 9.59 Å². The second-order valence-corrected chi connectivity index (χ2v) is 8.25. The minimum absolute atomic E-state index is 0.141. The summed E-state index contributed by atoms with van der Waals surface area (Å²) in [4.78, 5) is 26.9. The molecule has 8 heteroatoms. The summed E-state index contributed by atoms with van der Waals surface area (Å²) >= 11 is 12.6. The van der Waals surface area contributed by atoms with Gasteiger partial charge in [-0.15, -0.1) is 0 Å². The van der Waals surface area contributed by atoms with E-state index >= 15 is 0 Å². The average Bonchev–Trinajstić information content (AvgIpc) is 2.69. The van der Waals surface area contributed by atoms with Crippen molar-refractivity contribution in [3.63, 3.8) is 0 Å². The van der Waals surface area contributed by atoms with Crippen LogP contribution in [0, 0.1) is 5.92 Å². The molecule has 1 heterocycles. The number of rotatable bonds is 6. The third kappa shape index (κ3) is 5.61. The summed E-state index contributed by atoms with van der Waals surface area (Å²) < 4.78 is 0. The molecule has 154 valence electrons. The molecule has 2 amide bonds. The van der Waals surface area contributed by atoms with Gasteiger partial charge < -0.3 is 16.4 Å². The van der Waals surface area contributed by atoms with Crippen LogP contribution in [0.4, 0.5) is 11.5 Å². The van der Waals surface area contributed by atoms with E-state index in [4.69, 9.17) is 28.9 Å². The average molecular weight is 435 g/mol. The lowest BCUT2D eigenvalue weighted by molar-refractivity contribution is -0.114. The number of amides is 2. The molecule has 0 atom stereocenters. The maximum atomic E-state index is 11.6. The number of halogens is 2. The highest BCUT2D eigenvalue weighted by atomic mass is 35.5. The molecule has 4 N–H and O–H groups in total. The van der Waals surface area contributed by atoms with Crippen molar-refractivity contribution >= 4 is 46.5 Å². The Hall–Kier alpha value is -2.31. The molecular formula is C21H24Cl2N4O2. The predicted octanol–water partition coefficient (Wildman–Crippen LogP) is 4.83. The summed E-state index contributed by atoms with van der Waals surface area (Å²) in [5.41, 5.74) is 7.54. The van der Waals surface area contributed by atoms with Crippen LogP contribution in [0.25, 0.3) is 0 Å². The summed E-state index contributed by atoms with van der Waals surface area (Å²) in [6.45, 7) is 2.30. The molecule has 1 saturated carbocycles. The Morgan fingerprint density at radius 1 is 1.17 bits per heavy atom. The van der Waals surface area contributed by atoms with Gasteiger partial charge in [0.2, 0.25) is 11.8 Å². The molecule has 2 aromatic rings. The number of carbonyl (C=O) groups excluding carboxylic acids is 2. The SMILES string of the molecule is CC(=O)Nc1ccc(NCC2CCC(c3cc(Cl)cc(C(N)=O)c3Cl)CC2)cn1. The van der Waals surface area contributed by atoms with E-state index in [0.717, 1.165) is 43.5 Å². The molecule has 3 rings (SSSR count). The van der Waals surface area contributed by atoms with E-state index in [1.54, 1.807) is 12.3 Å². The van der Waals surface area contributed by atoms with Crippen LogP contribution in [0.2, 0.25) is 10.0 Å². The molecule has 1 aromatic carbocycles. The van der Waals surface area contributed by atoms with E-state index < -0.39 is 5.91 Å². The summed E-state index contributed by atoms with van der Waals surface area (Å²) in [5, 5.41) is 6.97. The minimum atomic E-state index is -0.560. The summed E-state index contributed by atoms with van der Waals surface area (Å²) in [6, 6.07) is 7.05. The Bertz CT molecular complexity index is 894. The Morgan fingerprint density at radius 3 is 2.48 bits per heavy atom. The number of hydrogen-bond donors (Lipinski definition) is 3. The van der Waals surface area contributed by atoms with Crippen LogP contribution in [-0.2, 0) is 4.79 Å². The third-order valence-corrected chi connectivity index (χ3v) is 5.92. The lowest BCUT2D eigenvalue weighted by Gasteiger charge is -2.30. The fraction of sp³-hybridized carbons (Fsp3) is 0.381. The molecular weight excluding hydrogens is 411 g/mol. The second-order valence-electron chi connectivity index (χ2n) is 7.43. The number of hydrogen-bond acceptors (Lipinski definition) is 4. The van der Waals surface area contributed by atoms with Crippen molar-refractivity contribution in [2.75, 3.05) is 17.2 Å². The van der Waals surface area contributed by atoms with Gasteiger partial charge in [-0.1, -0.05) is 23.2 Å². The Labute approximate surface area is 180 Å². The lowest BCUT2D eigenvalue weighted by Crippen LogP contribution is -2.21. The summed E-state index contributed by atoms with van der Waals surface area (Å²) in [5.74, 6) is 0.647. The van der Waals surface area contributed by atoms with E-state index in [1.807, 2.05) is 12.1 Å². The van der Waals surface area contributed by atoms with Crippen molar-refractivity contribution in [3.8, 4) is 0 Å². The molecule has 1 fully saturated rings. The van der Waals surface area contributed by atoms with Gasteiger partial charge in [0, 0.05) is 18.5 Å². The monoisotopic (exact) mass is 434 g/mol. The largest absolute Gasteiger partial charge is 0.384 e. The van der Waals surface area contributed by atoms with Gasteiger partial charge >= 0.3 is 0 Å². The maximum Gasteiger partial charge on any atom is 0.250 e. The molecule has 6 nitrogen and oxygen atoms in total. The number of nitrogens with one attached hydrogen (secondary N) is 2. The predicted molar refractivity (Wildman–Crippen MR) is 117 cm³/mol. The van der Waals surface area contributed by atoms with E-state index in [9.17, 15) is 9.59 Å². The topological polar surface area (TPSA) is 97.1 Å². The zero-order chi connectivity index (χ0) is 21.0. The highest BCUT2D eigenvalue weighted by Crippen LogP contribution is 2.40. The molecule has 0 bridgehead atoms. The molecule has 1 aliphatic carbocycles. The van der Waals surface area contributed by atoms with Crippen molar-refractivity contribution in [1.29, 1.82) is 0 Å². The Kier molecular flexibility index (Phi) is 6.98. The Morgan fingerprint density at radius 2 is 1.90 bits per heavy atom. The molecule has 0 radical (unpaired) electrons. The molecule has 1 aromatic heterocycles. The van der Waals surface area contributed by atoms with Crippen LogP contribution >= 0.6 is 23.2 Å². The quantitative estimate of drug-likeness (QED) is 0.605. The van der Waals surface area contributed by atoms with E-state index in [2.05, 4.69) is 15.6 Å². The normalized spacial score (nSPS) is 18.9. The highest BCUT2D eigenvalue weighted by molar-refractivity contribution is 6.36. The molecule has 0 saturated heterocycles. The van der Waals surface area contributed by atoms with Gasteiger partial charge in [-0.05, 0) is 67.3 Å². The second kappa shape index (κ2) is 9.46. The summed E-state index contributed by atoms with van der Waals surface area (Å²) in [7, 11) is 0. The number of benzene rings is 1. The number of primary amides is 1. The molecule has 0 spiro atoms. The van der Waals surface area contributed by atoms with Gasteiger partial charge in [0.15, 0.2) is 0 Å². The van der Waals surface area contributed by atoms with Crippen LogP contribution in [0.3, 0.4) is 0 Å². The van der Waals surface area contributed by atoms with Crippen LogP contribution < -0.4 is 16.4 Å². The number of aromatic nitrogens is 1. The first-order chi connectivity index (χ1) is 13.8. The Balaban J connectivity index is 1.55. The van der Waals surface area contributed by atoms with Gasteiger partial charge in [-0.2, -0.15) is 0 Å². The number of nitrogens with zero attached hydrogens (tertiary/aromatic N) is 1. The number of pyridine rings is 1. The highest BCUT2D eigenvalue weighted by Gasteiger charge is 2.26. The van der Waals surface area contributed by atoms with Crippen LogP contribution in [0.15, 0.2) is 30.5 Å². The minimum Gasteiger partial charge on any atom is -0.384 e. The van der Waals surface area contributed by atoms with Crippen LogP contribution in [0.1, 0.15) is 54.4 Å². The van der Waals surface area contributed by atoms with E-state index in [1.165, 1.54) is 13.0 Å². The number of nitrogens with two attached hydrogens (primary N) is 1. The zero-order valence-corrected chi connectivity index (χ0v) is 17.7.